The van der Waals surface area contributed by atoms with Crippen LogP contribution in [0, 0.1) is 5.82 Å². The second kappa shape index (κ2) is 8.58. The molecule has 0 aliphatic rings. The van der Waals surface area contributed by atoms with Gasteiger partial charge in [-0.2, -0.15) is 26.3 Å². The predicted octanol–water partition coefficient (Wildman–Crippen LogP) is 3.87. The van der Waals surface area contributed by atoms with E-state index in [1.165, 1.54) is 24.3 Å². The SMILES string of the molecule is COC(=O)c1ccc(CS(=O)(=O)Nc2ccc(C(O)(C(F)(F)F)C(F)(F)F)cc2F)cc1. The molecule has 0 fully saturated rings. The quantitative estimate of drug-likeness (QED) is 0.475. The molecule has 2 aromatic carbocycles. The molecule has 0 bridgehead atoms. The highest BCUT2D eigenvalue weighted by atomic mass is 32.2. The number of esters is 1. The van der Waals surface area contributed by atoms with Gasteiger partial charge in [0.2, 0.25) is 10.0 Å². The summed E-state index contributed by atoms with van der Waals surface area (Å²) in [6, 6.07) is 5.17. The summed E-state index contributed by atoms with van der Waals surface area (Å²) < 4.78 is 122. The summed E-state index contributed by atoms with van der Waals surface area (Å²) in [5, 5.41) is 9.29. The normalized spacial score (nSPS) is 13.0. The molecule has 2 N–H and O–H groups in total. The molecule has 6 nitrogen and oxygen atoms in total. The van der Waals surface area contributed by atoms with Crippen molar-refractivity contribution in [3.8, 4) is 0 Å². The number of ether oxygens (including phenoxy) is 1. The lowest BCUT2D eigenvalue weighted by Gasteiger charge is -2.32. The van der Waals surface area contributed by atoms with Crippen LogP contribution >= 0.6 is 0 Å². The van der Waals surface area contributed by atoms with Gasteiger partial charge in [0.25, 0.3) is 5.60 Å². The molecular formula is C18H14F7NO5S. The molecule has 0 spiro atoms. The fourth-order valence-electron chi connectivity index (χ4n) is 2.59. The first-order chi connectivity index (χ1) is 14.5. The summed E-state index contributed by atoms with van der Waals surface area (Å²) in [5.41, 5.74) is -7.93. The van der Waals surface area contributed by atoms with Crippen LogP contribution in [0.4, 0.5) is 36.4 Å². The molecule has 0 aliphatic heterocycles. The molecular weight excluding hydrogens is 475 g/mol. The third-order valence-corrected chi connectivity index (χ3v) is 5.45. The topological polar surface area (TPSA) is 92.7 Å². The van der Waals surface area contributed by atoms with Crippen LogP contribution in [0.1, 0.15) is 21.5 Å². The van der Waals surface area contributed by atoms with Gasteiger partial charge >= 0.3 is 18.3 Å². The summed E-state index contributed by atoms with van der Waals surface area (Å²) in [6.07, 6.45) is -12.5. The number of anilines is 1. The number of benzene rings is 2. The Morgan fingerprint density at radius 1 is 1.00 bits per heavy atom. The Balaban J connectivity index is 2.29. The summed E-state index contributed by atoms with van der Waals surface area (Å²) in [4.78, 5) is 11.4. The molecule has 0 aliphatic carbocycles. The Hall–Kier alpha value is -2.87. The minimum atomic E-state index is -6.23. The van der Waals surface area contributed by atoms with Crippen molar-refractivity contribution in [3.63, 3.8) is 0 Å². The van der Waals surface area contributed by atoms with E-state index in [2.05, 4.69) is 4.74 Å². The van der Waals surface area contributed by atoms with Gasteiger partial charge in [-0.05, 0) is 29.8 Å². The van der Waals surface area contributed by atoms with Crippen LogP contribution in [0.2, 0.25) is 0 Å². The van der Waals surface area contributed by atoms with Gasteiger partial charge in [-0.3, -0.25) is 4.72 Å². The summed E-state index contributed by atoms with van der Waals surface area (Å²) >= 11 is 0. The molecule has 2 aromatic rings. The number of halogens is 7. The van der Waals surface area contributed by atoms with E-state index in [1.54, 1.807) is 4.72 Å². The molecule has 0 amide bonds. The first kappa shape index (κ1) is 25.4. The van der Waals surface area contributed by atoms with Gasteiger partial charge in [-0.25, -0.2) is 17.6 Å². The number of carbonyl (C=O) groups is 1. The molecule has 176 valence electrons. The number of sulfonamides is 1. The van der Waals surface area contributed by atoms with Crippen LogP contribution in [0.15, 0.2) is 42.5 Å². The van der Waals surface area contributed by atoms with Gasteiger partial charge in [-0.1, -0.05) is 18.2 Å². The van der Waals surface area contributed by atoms with E-state index in [0.717, 1.165) is 7.11 Å². The first-order valence-electron chi connectivity index (χ1n) is 8.35. The van der Waals surface area contributed by atoms with E-state index in [-0.39, 0.29) is 23.3 Å². The standard InChI is InChI=1S/C18H14F7NO5S/c1-31-15(27)11-4-2-10(3-5-11)9-32(29,30)26-14-7-6-12(8-13(14)19)16(28,17(20,21)22)18(23,24)25/h2-8,26,28H,9H2,1H3. The monoisotopic (exact) mass is 489 g/mol. The summed E-state index contributed by atoms with van der Waals surface area (Å²) in [5.74, 6) is -3.22. The maximum Gasteiger partial charge on any atom is 0.430 e. The number of aliphatic hydroxyl groups is 1. The molecule has 32 heavy (non-hydrogen) atoms. The van der Waals surface area contributed by atoms with Gasteiger partial charge in [0.05, 0.1) is 24.1 Å². The maximum absolute atomic E-state index is 14.2. The lowest BCUT2D eigenvalue weighted by molar-refractivity contribution is -0.376. The zero-order chi connectivity index (χ0) is 24.5. The minimum Gasteiger partial charge on any atom is -0.465 e. The Labute approximate surface area is 176 Å². The van der Waals surface area contributed by atoms with Crippen LogP contribution in [0.25, 0.3) is 0 Å². The average Bonchev–Trinajstić information content (AvgIpc) is 2.66. The molecule has 0 aromatic heterocycles. The number of rotatable bonds is 6. The second-order valence-electron chi connectivity index (χ2n) is 6.45. The van der Waals surface area contributed by atoms with Crippen molar-refractivity contribution in [2.45, 2.75) is 23.7 Å². The van der Waals surface area contributed by atoms with Crippen LogP contribution < -0.4 is 4.72 Å². The minimum absolute atomic E-state index is 0.104. The summed E-state index contributed by atoms with van der Waals surface area (Å²) in [6.45, 7) is 0. The Morgan fingerprint density at radius 3 is 1.97 bits per heavy atom. The zero-order valence-electron chi connectivity index (χ0n) is 15.9. The summed E-state index contributed by atoms with van der Waals surface area (Å²) in [7, 11) is -3.23. The highest BCUT2D eigenvalue weighted by molar-refractivity contribution is 7.91. The molecule has 0 radical (unpaired) electrons. The van der Waals surface area contributed by atoms with E-state index < -0.39 is 56.8 Å². The molecule has 0 heterocycles. The first-order valence-corrected chi connectivity index (χ1v) is 10.0. The smallest absolute Gasteiger partial charge is 0.430 e. The van der Waals surface area contributed by atoms with Crippen molar-refractivity contribution < 1.29 is 53.8 Å². The second-order valence-corrected chi connectivity index (χ2v) is 8.17. The largest absolute Gasteiger partial charge is 0.465 e. The van der Waals surface area contributed by atoms with Crippen LogP contribution in [0.3, 0.4) is 0 Å². The zero-order valence-corrected chi connectivity index (χ0v) is 16.7. The van der Waals surface area contributed by atoms with Crippen LogP contribution in [0.5, 0.6) is 0 Å². The fraction of sp³-hybridized carbons (Fsp3) is 0.278. The molecule has 14 heteroatoms. The lowest BCUT2D eigenvalue weighted by atomic mass is 9.92. The molecule has 0 saturated carbocycles. The van der Waals surface area contributed by atoms with Crippen molar-refractivity contribution in [2.24, 2.45) is 0 Å². The van der Waals surface area contributed by atoms with Crippen molar-refractivity contribution in [1.82, 2.24) is 0 Å². The van der Waals surface area contributed by atoms with Gasteiger partial charge in [0.15, 0.2) is 0 Å². The highest BCUT2D eigenvalue weighted by Crippen LogP contribution is 2.50. The number of methoxy groups -OCH3 is 1. The van der Waals surface area contributed by atoms with Crippen LogP contribution in [-0.4, -0.2) is 39.0 Å². The number of carbonyl (C=O) groups excluding carboxylic acids is 1. The number of alkyl halides is 6. The van der Waals surface area contributed by atoms with Gasteiger partial charge < -0.3 is 9.84 Å². The Kier molecular flexibility index (Phi) is 6.81. The predicted molar refractivity (Wildman–Crippen MR) is 96.4 cm³/mol. The maximum atomic E-state index is 14.2. The van der Waals surface area contributed by atoms with Crippen molar-refractivity contribution in [1.29, 1.82) is 0 Å². The van der Waals surface area contributed by atoms with Crippen LogP contribution in [-0.2, 0) is 26.1 Å². The third-order valence-electron chi connectivity index (χ3n) is 4.20. The average molecular weight is 489 g/mol. The molecule has 0 unspecified atom stereocenters. The van der Waals surface area contributed by atoms with Gasteiger partial charge in [0, 0.05) is 5.56 Å². The number of hydrogen-bond donors (Lipinski definition) is 2. The molecule has 2 rings (SSSR count). The van der Waals surface area contributed by atoms with E-state index in [4.69, 9.17) is 0 Å². The fourth-order valence-corrected chi connectivity index (χ4v) is 3.79. The van der Waals surface area contributed by atoms with E-state index in [0.29, 0.717) is 6.07 Å². The molecule has 0 atom stereocenters. The van der Waals surface area contributed by atoms with E-state index >= 15 is 0 Å². The van der Waals surface area contributed by atoms with Gasteiger partial charge in [-0.15, -0.1) is 0 Å². The number of hydrogen-bond acceptors (Lipinski definition) is 5. The highest BCUT2D eigenvalue weighted by Gasteiger charge is 2.71. The van der Waals surface area contributed by atoms with Crippen molar-refractivity contribution >= 4 is 21.7 Å². The van der Waals surface area contributed by atoms with Crippen molar-refractivity contribution in [2.75, 3.05) is 11.8 Å². The van der Waals surface area contributed by atoms with Crippen molar-refractivity contribution in [3.05, 3.63) is 65.0 Å². The Morgan fingerprint density at radius 2 is 1.53 bits per heavy atom. The van der Waals surface area contributed by atoms with Gasteiger partial charge in [0.1, 0.15) is 5.82 Å². The van der Waals surface area contributed by atoms with E-state index in [1.807, 2.05) is 0 Å². The Bertz CT molecular complexity index is 1080. The number of nitrogens with one attached hydrogen (secondary N) is 1. The lowest BCUT2D eigenvalue weighted by Crippen LogP contribution is -2.54. The van der Waals surface area contributed by atoms with E-state index in [9.17, 15) is 49.1 Å². The molecule has 0 saturated heterocycles. The third kappa shape index (κ3) is 5.12.